The number of para-hydroxylation sites is 1. The van der Waals surface area contributed by atoms with Crippen LogP contribution >= 0.6 is 0 Å². The molecule has 0 aliphatic heterocycles. The number of amides is 1. The first-order chi connectivity index (χ1) is 9.81. The van der Waals surface area contributed by atoms with Gasteiger partial charge < -0.3 is 15.8 Å². The Hall–Kier alpha value is -2.14. The first-order valence-electron chi connectivity index (χ1n) is 6.74. The summed E-state index contributed by atoms with van der Waals surface area (Å²) in [5.41, 5.74) is 6.16. The number of nitrogens with two attached hydrogens (primary N) is 1. The van der Waals surface area contributed by atoms with Crippen LogP contribution < -0.4 is 15.8 Å². The number of rotatable bonds is 7. The van der Waals surface area contributed by atoms with Gasteiger partial charge in [-0.15, -0.1) is 0 Å². The van der Waals surface area contributed by atoms with Crippen molar-refractivity contribution in [2.24, 2.45) is 5.73 Å². The molecule has 20 heavy (non-hydrogen) atoms. The van der Waals surface area contributed by atoms with Crippen molar-refractivity contribution in [1.82, 2.24) is 10.3 Å². The Morgan fingerprint density at radius 3 is 3.00 bits per heavy atom. The number of carbonyl (C=O) groups excluding carboxylic acids is 1. The average Bonchev–Trinajstić information content (AvgIpc) is 2.47. The number of fused-ring (bicyclic) bond motifs is 1. The standard InChI is InChI=1S/C15H19N3O2/c16-8-7-14(19)17-10-3-11-20-13-6-1-4-12-5-2-9-18-15(12)13/h1-2,4-6,9H,3,7-8,10-11,16H2,(H,17,19). The lowest BCUT2D eigenvalue weighted by atomic mass is 10.2. The molecule has 0 bridgehead atoms. The molecule has 0 aliphatic rings. The Morgan fingerprint density at radius 1 is 1.30 bits per heavy atom. The van der Waals surface area contributed by atoms with Crippen LogP contribution in [-0.2, 0) is 4.79 Å². The number of nitrogens with one attached hydrogen (secondary N) is 1. The summed E-state index contributed by atoms with van der Waals surface area (Å²) in [5.74, 6) is 0.760. The minimum Gasteiger partial charge on any atom is -0.491 e. The second-order valence-electron chi connectivity index (χ2n) is 4.42. The Bertz CT molecular complexity index is 567. The van der Waals surface area contributed by atoms with Crippen LogP contribution in [0, 0.1) is 0 Å². The Kier molecular flexibility index (Phi) is 5.32. The first-order valence-corrected chi connectivity index (χ1v) is 6.74. The summed E-state index contributed by atoms with van der Waals surface area (Å²) in [4.78, 5) is 15.5. The molecular formula is C15H19N3O2. The van der Waals surface area contributed by atoms with Crippen LogP contribution in [0.5, 0.6) is 5.75 Å². The van der Waals surface area contributed by atoms with Gasteiger partial charge in [-0.05, 0) is 18.6 Å². The Balaban J connectivity index is 1.80. The summed E-state index contributed by atoms with van der Waals surface area (Å²) in [6, 6.07) is 9.76. The van der Waals surface area contributed by atoms with Gasteiger partial charge in [0.15, 0.2) is 0 Å². The predicted molar refractivity (Wildman–Crippen MR) is 78.5 cm³/mol. The van der Waals surface area contributed by atoms with Crippen molar-refractivity contribution in [3.05, 3.63) is 36.5 Å². The number of aromatic nitrogens is 1. The molecule has 0 atom stereocenters. The molecule has 0 radical (unpaired) electrons. The molecule has 1 heterocycles. The number of ether oxygens (including phenoxy) is 1. The maximum absolute atomic E-state index is 11.2. The lowest BCUT2D eigenvalue weighted by Crippen LogP contribution is -2.27. The third kappa shape index (κ3) is 3.93. The van der Waals surface area contributed by atoms with Gasteiger partial charge in [0.1, 0.15) is 11.3 Å². The highest BCUT2D eigenvalue weighted by Crippen LogP contribution is 2.22. The van der Waals surface area contributed by atoms with Crippen molar-refractivity contribution in [2.45, 2.75) is 12.8 Å². The van der Waals surface area contributed by atoms with Crippen LogP contribution in [0.2, 0.25) is 0 Å². The zero-order chi connectivity index (χ0) is 14.2. The topological polar surface area (TPSA) is 77.2 Å². The molecule has 106 valence electrons. The van der Waals surface area contributed by atoms with E-state index in [0.29, 0.717) is 26.1 Å². The van der Waals surface area contributed by atoms with Gasteiger partial charge >= 0.3 is 0 Å². The number of benzene rings is 1. The van der Waals surface area contributed by atoms with Crippen LogP contribution in [0.1, 0.15) is 12.8 Å². The minimum absolute atomic E-state index is 0.0145. The number of carbonyl (C=O) groups is 1. The molecular weight excluding hydrogens is 254 g/mol. The van der Waals surface area contributed by atoms with Crippen molar-refractivity contribution in [2.75, 3.05) is 19.7 Å². The molecule has 1 aromatic heterocycles. The van der Waals surface area contributed by atoms with Crippen molar-refractivity contribution in [3.8, 4) is 5.75 Å². The van der Waals surface area contributed by atoms with E-state index in [1.54, 1.807) is 6.20 Å². The molecule has 1 amide bonds. The van der Waals surface area contributed by atoms with Crippen LogP contribution in [-0.4, -0.2) is 30.6 Å². The minimum atomic E-state index is -0.0145. The third-order valence-corrected chi connectivity index (χ3v) is 2.87. The molecule has 1 aromatic carbocycles. The predicted octanol–water partition coefficient (Wildman–Crippen LogP) is 1.47. The highest BCUT2D eigenvalue weighted by atomic mass is 16.5. The van der Waals surface area contributed by atoms with Gasteiger partial charge in [0.2, 0.25) is 5.91 Å². The smallest absolute Gasteiger partial charge is 0.221 e. The molecule has 0 unspecified atom stereocenters. The van der Waals surface area contributed by atoms with Crippen molar-refractivity contribution in [1.29, 1.82) is 0 Å². The molecule has 3 N–H and O–H groups in total. The molecule has 5 heteroatoms. The van der Waals surface area contributed by atoms with E-state index in [1.807, 2.05) is 30.3 Å². The molecule has 0 saturated carbocycles. The fourth-order valence-electron chi connectivity index (χ4n) is 1.89. The molecule has 0 saturated heterocycles. The van der Waals surface area contributed by atoms with E-state index in [4.69, 9.17) is 10.5 Å². The Labute approximate surface area is 118 Å². The van der Waals surface area contributed by atoms with Gasteiger partial charge in [0.05, 0.1) is 6.61 Å². The molecule has 2 rings (SSSR count). The van der Waals surface area contributed by atoms with Gasteiger partial charge in [-0.25, -0.2) is 0 Å². The van der Waals surface area contributed by atoms with E-state index in [2.05, 4.69) is 10.3 Å². The highest BCUT2D eigenvalue weighted by molar-refractivity contribution is 5.84. The van der Waals surface area contributed by atoms with Crippen molar-refractivity contribution in [3.63, 3.8) is 0 Å². The van der Waals surface area contributed by atoms with E-state index in [0.717, 1.165) is 23.1 Å². The number of hydrogen-bond donors (Lipinski definition) is 2. The lowest BCUT2D eigenvalue weighted by molar-refractivity contribution is -0.120. The molecule has 0 aliphatic carbocycles. The molecule has 0 fully saturated rings. The van der Waals surface area contributed by atoms with Crippen LogP contribution in [0.25, 0.3) is 10.9 Å². The monoisotopic (exact) mass is 273 g/mol. The van der Waals surface area contributed by atoms with Gasteiger partial charge in [0, 0.05) is 31.1 Å². The second-order valence-corrected chi connectivity index (χ2v) is 4.42. The average molecular weight is 273 g/mol. The summed E-state index contributed by atoms with van der Waals surface area (Å²) in [5, 5.41) is 3.85. The number of pyridine rings is 1. The zero-order valence-electron chi connectivity index (χ0n) is 11.3. The van der Waals surface area contributed by atoms with Gasteiger partial charge in [-0.3, -0.25) is 9.78 Å². The maximum Gasteiger partial charge on any atom is 0.221 e. The second kappa shape index (κ2) is 7.45. The van der Waals surface area contributed by atoms with Crippen molar-refractivity contribution < 1.29 is 9.53 Å². The largest absolute Gasteiger partial charge is 0.491 e. The zero-order valence-corrected chi connectivity index (χ0v) is 11.3. The van der Waals surface area contributed by atoms with E-state index in [1.165, 1.54) is 0 Å². The fraction of sp³-hybridized carbons (Fsp3) is 0.333. The molecule has 2 aromatic rings. The highest BCUT2D eigenvalue weighted by Gasteiger charge is 2.02. The van der Waals surface area contributed by atoms with Crippen LogP contribution in [0.4, 0.5) is 0 Å². The van der Waals surface area contributed by atoms with E-state index >= 15 is 0 Å². The van der Waals surface area contributed by atoms with Crippen LogP contribution in [0.3, 0.4) is 0 Å². The fourth-order valence-corrected chi connectivity index (χ4v) is 1.89. The normalized spacial score (nSPS) is 10.4. The van der Waals surface area contributed by atoms with E-state index in [9.17, 15) is 4.79 Å². The van der Waals surface area contributed by atoms with Crippen LogP contribution in [0.15, 0.2) is 36.5 Å². The summed E-state index contributed by atoms with van der Waals surface area (Å²) >= 11 is 0. The Morgan fingerprint density at radius 2 is 2.15 bits per heavy atom. The van der Waals surface area contributed by atoms with Gasteiger partial charge in [-0.2, -0.15) is 0 Å². The quantitative estimate of drug-likeness (QED) is 0.749. The summed E-state index contributed by atoms with van der Waals surface area (Å²) < 4.78 is 5.72. The molecule has 5 nitrogen and oxygen atoms in total. The van der Waals surface area contributed by atoms with Gasteiger partial charge in [0.25, 0.3) is 0 Å². The number of hydrogen-bond acceptors (Lipinski definition) is 4. The first kappa shape index (κ1) is 14.3. The van der Waals surface area contributed by atoms with E-state index < -0.39 is 0 Å². The maximum atomic E-state index is 11.2. The van der Waals surface area contributed by atoms with Crippen molar-refractivity contribution >= 4 is 16.8 Å². The van der Waals surface area contributed by atoms with E-state index in [-0.39, 0.29) is 5.91 Å². The number of nitrogens with zero attached hydrogens (tertiary/aromatic N) is 1. The SMILES string of the molecule is NCCC(=O)NCCCOc1cccc2cccnc12. The summed E-state index contributed by atoms with van der Waals surface area (Å²) in [7, 11) is 0. The van der Waals surface area contributed by atoms with Gasteiger partial charge in [-0.1, -0.05) is 18.2 Å². The summed E-state index contributed by atoms with van der Waals surface area (Å²) in [6.07, 6.45) is 2.87. The lowest BCUT2D eigenvalue weighted by Gasteiger charge is -2.09. The summed E-state index contributed by atoms with van der Waals surface area (Å²) in [6.45, 7) is 1.51. The molecule has 0 spiro atoms. The third-order valence-electron chi connectivity index (χ3n) is 2.87.